The molecule has 0 spiro atoms. The van der Waals surface area contributed by atoms with Crippen LogP contribution >= 0.6 is 24.8 Å². The van der Waals surface area contributed by atoms with Gasteiger partial charge >= 0.3 is 0 Å². The van der Waals surface area contributed by atoms with Crippen molar-refractivity contribution in [2.45, 2.75) is 38.1 Å². The van der Waals surface area contributed by atoms with Crippen molar-refractivity contribution in [3.63, 3.8) is 0 Å². The van der Waals surface area contributed by atoms with Crippen molar-refractivity contribution >= 4 is 30.7 Å². The van der Waals surface area contributed by atoms with Crippen LogP contribution in [0.15, 0.2) is 67.3 Å². The lowest BCUT2D eigenvalue weighted by atomic mass is 9.98. The summed E-state index contributed by atoms with van der Waals surface area (Å²) < 4.78 is 7.73. The van der Waals surface area contributed by atoms with Crippen molar-refractivity contribution in [2.75, 3.05) is 6.54 Å². The minimum Gasteiger partial charge on any atom is -0.364 e. The van der Waals surface area contributed by atoms with Crippen molar-refractivity contribution in [2.24, 2.45) is 5.73 Å². The monoisotopic (exact) mass is 462 g/mol. The lowest BCUT2D eigenvalue weighted by Gasteiger charge is -2.15. The van der Waals surface area contributed by atoms with Crippen LogP contribution in [0.2, 0.25) is 0 Å². The number of amides is 1. The molecule has 2 aromatic carbocycles. The smallest absolute Gasteiger partial charge is 0.249 e. The second-order valence-electron chi connectivity index (χ2n) is 7.37. The van der Waals surface area contributed by atoms with Crippen LogP contribution in [-0.2, 0) is 22.6 Å². The Hall–Kier alpha value is -2.38. The van der Waals surface area contributed by atoms with Gasteiger partial charge < -0.3 is 20.4 Å². The van der Waals surface area contributed by atoms with Gasteiger partial charge in [-0.25, -0.2) is 4.98 Å². The maximum Gasteiger partial charge on any atom is 0.249 e. The predicted octanol–water partition coefficient (Wildman–Crippen LogP) is 3.56. The third-order valence-corrected chi connectivity index (χ3v) is 5.32. The summed E-state index contributed by atoms with van der Waals surface area (Å²) in [6, 6.07) is 16.7. The van der Waals surface area contributed by atoms with Gasteiger partial charge in [-0.1, -0.05) is 48.5 Å². The summed E-state index contributed by atoms with van der Waals surface area (Å²) in [6.07, 6.45) is 6.73. The van der Waals surface area contributed by atoms with Crippen molar-refractivity contribution in [1.82, 2.24) is 14.9 Å². The van der Waals surface area contributed by atoms with Gasteiger partial charge in [0.2, 0.25) is 5.91 Å². The highest BCUT2D eigenvalue weighted by Gasteiger charge is 2.29. The maximum atomic E-state index is 12.4. The van der Waals surface area contributed by atoms with E-state index < -0.39 is 6.10 Å². The highest BCUT2D eigenvalue weighted by atomic mass is 35.5. The molecule has 2 atom stereocenters. The van der Waals surface area contributed by atoms with E-state index in [1.807, 2.05) is 35.3 Å². The molecular formula is C23H28Cl2N4O2. The van der Waals surface area contributed by atoms with E-state index in [2.05, 4.69) is 40.6 Å². The van der Waals surface area contributed by atoms with Gasteiger partial charge in [0.25, 0.3) is 0 Å². The standard InChI is InChI=1S/C23H26N4O2.2ClH/c24-13-20-9-10-22(29-20)23(28)26-14-19-3-1-2-4-21(19)18-7-5-17(6-8-18)15-27-12-11-25-16-27;;/h1-8,11-12,16,20,22H,9-10,13-15,24H2,(H,26,28);2*1H/t20-,22+;;/m1../s1. The van der Waals surface area contributed by atoms with Gasteiger partial charge in [-0.2, -0.15) is 0 Å². The molecule has 0 saturated carbocycles. The van der Waals surface area contributed by atoms with E-state index in [1.54, 1.807) is 6.20 Å². The average Bonchev–Trinajstić information content (AvgIpc) is 3.45. The highest BCUT2D eigenvalue weighted by molar-refractivity contribution is 5.85. The second-order valence-corrected chi connectivity index (χ2v) is 7.37. The van der Waals surface area contributed by atoms with E-state index >= 15 is 0 Å². The molecule has 31 heavy (non-hydrogen) atoms. The van der Waals surface area contributed by atoms with Crippen LogP contribution in [0.3, 0.4) is 0 Å². The fourth-order valence-corrected chi connectivity index (χ4v) is 3.71. The summed E-state index contributed by atoms with van der Waals surface area (Å²) in [6.45, 7) is 1.73. The SMILES string of the molecule is Cl.Cl.NC[C@H]1CC[C@@H](C(=O)NCc2ccccc2-c2ccc(Cn3ccnc3)cc2)O1. The Morgan fingerprint density at radius 1 is 1.13 bits per heavy atom. The Balaban J connectivity index is 0.00000171. The van der Waals surface area contributed by atoms with Crippen molar-refractivity contribution in [3.05, 3.63) is 78.4 Å². The van der Waals surface area contributed by atoms with Crippen molar-refractivity contribution in [3.8, 4) is 11.1 Å². The molecule has 3 N–H and O–H groups in total. The Morgan fingerprint density at radius 3 is 2.58 bits per heavy atom. The average molecular weight is 463 g/mol. The fourth-order valence-electron chi connectivity index (χ4n) is 3.71. The summed E-state index contributed by atoms with van der Waals surface area (Å²) >= 11 is 0. The number of nitrogens with one attached hydrogen (secondary N) is 1. The number of hydrogen-bond donors (Lipinski definition) is 2. The number of benzene rings is 2. The van der Waals surface area contributed by atoms with Crippen LogP contribution in [0.4, 0.5) is 0 Å². The third-order valence-electron chi connectivity index (χ3n) is 5.32. The number of carbonyl (C=O) groups excluding carboxylic acids is 1. The van der Waals surface area contributed by atoms with E-state index in [0.29, 0.717) is 13.1 Å². The van der Waals surface area contributed by atoms with Gasteiger partial charge in [0.05, 0.1) is 12.4 Å². The quantitative estimate of drug-likeness (QED) is 0.562. The van der Waals surface area contributed by atoms with Gasteiger partial charge in [0, 0.05) is 32.0 Å². The van der Waals surface area contributed by atoms with Crippen LogP contribution < -0.4 is 11.1 Å². The van der Waals surface area contributed by atoms with Gasteiger partial charge in [-0.05, 0) is 35.1 Å². The van der Waals surface area contributed by atoms with Crippen LogP contribution in [0.1, 0.15) is 24.0 Å². The number of nitrogens with zero attached hydrogens (tertiary/aromatic N) is 2. The van der Waals surface area contributed by atoms with E-state index in [0.717, 1.165) is 36.1 Å². The summed E-state index contributed by atoms with van der Waals surface area (Å²) in [5.41, 5.74) is 10.2. The molecular weight excluding hydrogens is 435 g/mol. The zero-order valence-corrected chi connectivity index (χ0v) is 18.8. The molecule has 1 amide bonds. The van der Waals surface area contributed by atoms with Crippen LogP contribution in [0.5, 0.6) is 0 Å². The summed E-state index contributed by atoms with van der Waals surface area (Å²) in [5, 5.41) is 3.02. The Morgan fingerprint density at radius 2 is 1.90 bits per heavy atom. The molecule has 1 aliphatic rings. The normalized spacial score (nSPS) is 17.5. The molecule has 1 aliphatic heterocycles. The largest absolute Gasteiger partial charge is 0.364 e. The number of aromatic nitrogens is 2. The molecule has 1 aromatic heterocycles. The lowest BCUT2D eigenvalue weighted by molar-refractivity contribution is -0.132. The Kier molecular flexibility index (Phi) is 9.52. The summed E-state index contributed by atoms with van der Waals surface area (Å²) in [4.78, 5) is 16.5. The van der Waals surface area contributed by atoms with Crippen LogP contribution in [0.25, 0.3) is 11.1 Å². The van der Waals surface area contributed by atoms with Crippen LogP contribution in [0, 0.1) is 0 Å². The number of halogens is 2. The summed E-state index contributed by atoms with van der Waals surface area (Å²) in [7, 11) is 0. The van der Waals surface area contributed by atoms with E-state index in [-0.39, 0.29) is 36.8 Å². The Bertz CT molecular complexity index is 948. The third kappa shape index (κ3) is 6.31. The minimum atomic E-state index is -0.391. The van der Waals surface area contributed by atoms with Crippen molar-refractivity contribution in [1.29, 1.82) is 0 Å². The van der Waals surface area contributed by atoms with E-state index in [1.165, 1.54) is 5.56 Å². The molecule has 4 rings (SSSR count). The number of nitrogens with two attached hydrogens (primary N) is 1. The van der Waals surface area contributed by atoms with E-state index in [9.17, 15) is 4.79 Å². The minimum absolute atomic E-state index is 0. The number of rotatable bonds is 7. The Labute approximate surface area is 195 Å². The topological polar surface area (TPSA) is 82.2 Å². The van der Waals surface area contributed by atoms with Gasteiger partial charge in [-0.15, -0.1) is 24.8 Å². The molecule has 1 saturated heterocycles. The number of ether oxygens (including phenoxy) is 1. The molecule has 0 bridgehead atoms. The first-order chi connectivity index (χ1) is 14.2. The molecule has 0 aliphatic carbocycles. The van der Waals surface area contributed by atoms with Gasteiger partial charge in [-0.3, -0.25) is 4.79 Å². The summed E-state index contributed by atoms with van der Waals surface area (Å²) in [5.74, 6) is -0.0635. The molecule has 6 nitrogen and oxygen atoms in total. The zero-order valence-electron chi connectivity index (χ0n) is 17.1. The second kappa shape index (κ2) is 11.9. The lowest BCUT2D eigenvalue weighted by Crippen LogP contribution is -2.35. The zero-order chi connectivity index (χ0) is 20.1. The highest BCUT2D eigenvalue weighted by Crippen LogP contribution is 2.25. The maximum absolute atomic E-state index is 12.4. The molecule has 2 heterocycles. The fraction of sp³-hybridized carbons (Fsp3) is 0.304. The number of hydrogen-bond acceptors (Lipinski definition) is 4. The van der Waals surface area contributed by atoms with Crippen molar-refractivity contribution < 1.29 is 9.53 Å². The molecule has 0 radical (unpaired) electrons. The number of imidazole rings is 1. The van der Waals surface area contributed by atoms with Crippen LogP contribution in [-0.4, -0.2) is 34.2 Å². The predicted molar refractivity (Wildman–Crippen MR) is 126 cm³/mol. The molecule has 8 heteroatoms. The van der Waals surface area contributed by atoms with Gasteiger partial charge in [0.1, 0.15) is 6.10 Å². The first kappa shape index (κ1) is 24.9. The molecule has 1 fully saturated rings. The van der Waals surface area contributed by atoms with Gasteiger partial charge in [0.15, 0.2) is 0 Å². The molecule has 3 aromatic rings. The van der Waals surface area contributed by atoms with E-state index in [4.69, 9.17) is 10.5 Å². The molecule has 166 valence electrons. The first-order valence-electron chi connectivity index (χ1n) is 9.99. The molecule has 0 unspecified atom stereocenters. The number of carbonyl (C=O) groups is 1. The first-order valence-corrected chi connectivity index (χ1v) is 9.99.